The Bertz CT molecular complexity index is 1260. The SMILES string of the molecule is Brc1ccc(-n2nc(-c3ccccc3)c(-c3ccccc3)c2-c2ccccc2)cc1. The van der Waals surface area contributed by atoms with Crippen LogP contribution in [0.4, 0.5) is 0 Å². The van der Waals surface area contributed by atoms with Crippen LogP contribution in [0.15, 0.2) is 120 Å². The molecule has 144 valence electrons. The summed E-state index contributed by atoms with van der Waals surface area (Å²) in [7, 11) is 0. The van der Waals surface area contributed by atoms with Crippen molar-refractivity contribution in [3.05, 3.63) is 120 Å². The maximum Gasteiger partial charge on any atom is 0.101 e. The van der Waals surface area contributed by atoms with E-state index in [1.165, 1.54) is 0 Å². The Morgan fingerprint density at radius 2 is 1.03 bits per heavy atom. The van der Waals surface area contributed by atoms with Gasteiger partial charge in [0.05, 0.1) is 11.4 Å². The minimum Gasteiger partial charge on any atom is -0.232 e. The summed E-state index contributed by atoms with van der Waals surface area (Å²) < 4.78 is 3.11. The third-order valence-electron chi connectivity index (χ3n) is 5.11. The molecule has 0 atom stereocenters. The van der Waals surface area contributed by atoms with Gasteiger partial charge in [0.2, 0.25) is 0 Å². The maximum atomic E-state index is 5.13. The number of benzene rings is 4. The average Bonchev–Trinajstić information content (AvgIpc) is 3.22. The van der Waals surface area contributed by atoms with Crippen molar-refractivity contribution in [3.8, 4) is 39.3 Å². The van der Waals surface area contributed by atoms with Gasteiger partial charge in [0.25, 0.3) is 0 Å². The molecule has 0 N–H and O–H groups in total. The average molecular weight is 451 g/mol. The van der Waals surface area contributed by atoms with Crippen molar-refractivity contribution in [2.45, 2.75) is 0 Å². The summed E-state index contributed by atoms with van der Waals surface area (Å²) in [6, 6.07) is 39.7. The lowest BCUT2D eigenvalue weighted by molar-refractivity contribution is 0.891. The number of aromatic nitrogens is 2. The van der Waals surface area contributed by atoms with Gasteiger partial charge in [-0.25, -0.2) is 4.68 Å². The molecule has 0 radical (unpaired) electrons. The summed E-state index contributed by atoms with van der Waals surface area (Å²) in [5.74, 6) is 0. The van der Waals surface area contributed by atoms with Gasteiger partial charge >= 0.3 is 0 Å². The lowest BCUT2D eigenvalue weighted by Crippen LogP contribution is -1.99. The molecule has 5 rings (SSSR count). The Labute approximate surface area is 184 Å². The van der Waals surface area contributed by atoms with Crippen LogP contribution in [0.5, 0.6) is 0 Å². The van der Waals surface area contributed by atoms with Gasteiger partial charge in [0.1, 0.15) is 5.69 Å². The van der Waals surface area contributed by atoms with Crippen molar-refractivity contribution in [1.82, 2.24) is 9.78 Å². The van der Waals surface area contributed by atoms with Gasteiger partial charge in [-0.1, -0.05) is 107 Å². The van der Waals surface area contributed by atoms with E-state index in [2.05, 4.69) is 118 Å². The van der Waals surface area contributed by atoms with E-state index in [1.807, 2.05) is 18.2 Å². The molecule has 0 saturated carbocycles. The quantitative estimate of drug-likeness (QED) is 0.275. The normalized spacial score (nSPS) is 10.8. The summed E-state index contributed by atoms with van der Waals surface area (Å²) in [6.07, 6.45) is 0. The molecule has 0 spiro atoms. The van der Waals surface area contributed by atoms with Crippen LogP contribution in [0.2, 0.25) is 0 Å². The van der Waals surface area contributed by atoms with Gasteiger partial charge in [0.15, 0.2) is 0 Å². The van der Waals surface area contributed by atoms with E-state index in [4.69, 9.17) is 5.10 Å². The fraction of sp³-hybridized carbons (Fsp3) is 0. The first kappa shape index (κ1) is 18.6. The van der Waals surface area contributed by atoms with Crippen LogP contribution in [0, 0.1) is 0 Å². The Morgan fingerprint density at radius 1 is 0.533 bits per heavy atom. The lowest BCUT2D eigenvalue weighted by Gasteiger charge is -2.11. The highest BCUT2D eigenvalue weighted by atomic mass is 79.9. The predicted molar refractivity (Wildman–Crippen MR) is 128 cm³/mol. The number of hydrogen-bond donors (Lipinski definition) is 0. The van der Waals surface area contributed by atoms with E-state index < -0.39 is 0 Å². The first-order valence-corrected chi connectivity index (χ1v) is 10.7. The third kappa shape index (κ3) is 3.49. The standard InChI is InChI=1S/C27H19BrN2/c28-23-16-18-24(19-17-23)30-27(22-14-8-3-9-15-22)25(20-10-4-1-5-11-20)26(29-30)21-12-6-2-7-13-21/h1-19H. The van der Waals surface area contributed by atoms with Crippen LogP contribution < -0.4 is 0 Å². The van der Waals surface area contributed by atoms with Crippen LogP contribution in [-0.2, 0) is 0 Å². The number of halogens is 1. The molecule has 0 aliphatic carbocycles. The van der Waals surface area contributed by atoms with Gasteiger partial charge in [-0.15, -0.1) is 0 Å². The summed E-state index contributed by atoms with van der Waals surface area (Å²) in [5.41, 5.74) is 7.61. The smallest absolute Gasteiger partial charge is 0.101 e. The van der Waals surface area contributed by atoms with Gasteiger partial charge in [-0.05, 0) is 29.8 Å². The Hall–Kier alpha value is -3.43. The van der Waals surface area contributed by atoms with Gasteiger partial charge in [-0.2, -0.15) is 5.10 Å². The molecule has 1 heterocycles. The molecule has 30 heavy (non-hydrogen) atoms. The second-order valence-electron chi connectivity index (χ2n) is 7.06. The van der Waals surface area contributed by atoms with Crippen LogP contribution in [0.3, 0.4) is 0 Å². The molecule has 4 aromatic carbocycles. The molecule has 0 amide bonds. The topological polar surface area (TPSA) is 17.8 Å². The fourth-order valence-corrected chi connectivity index (χ4v) is 3.99. The number of hydrogen-bond acceptors (Lipinski definition) is 1. The second kappa shape index (κ2) is 8.13. The minimum atomic E-state index is 0.976. The lowest BCUT2D eigenvalue weighted by atomic mass is 9.96. The van der Waals surface area contributed by atoms with Crippen LogP contribution in [-0.4, -0.2) is 9.78 Å². The Balaban J connectivity index is 1.88. The van der Waals surface area contributed by atoms with E-state index in [0.717, 1.165) is 43.8 Å². The Kier molecular flexibility index (Phi) is 5.04. The highest BCUT2D eigenvalue weighted by Crippen LogP contribution is 2.41. The van der Waals surface area contributed by atoms with Gasteiger partial charge in [-0.3, -0.25) is 0 Å². The zero-order valence-corrected chi connectivity index (χ0v) is 17.8. The van der Waals surface area contributed by atoms with Crippen LogP contribution >= 0.6 is 15.9 Å². The van der Waals surface area contributed by atoms with Crippen LogP contribution in [0.1, 0.15) is 0 Å². The molecule has 1 aromatic heterocycles. The molecular weight excluding hydrogens is 432 g/mol. The van der Waals surface area contributed by atoms with Crippen molar-refractivity contribution < 1.29 is 0 Å². The van der Waals surface area contributed by atoms with Crippen molar-refractivity contribution in [3.63, 3.8) is 0 Å². The second-order valence-corrected chi connectivity index (χ2v) is 7.97. The molecule has 0 bridgehead atoms. The van der Waals surface area contributed by atoms with Crippen molar-refractivity contribution in [1.29, 1.82) is 0 Å². The highest BCUT2D eigenvalue weighted by Gasteiger charge is 2.22. The number of rotatable bonds is 4. The molecule has 0 aliphatic heterocycles. The van der Waals surface area contributed by atoms with Crippen molar-refractivity contribution >= 4 is 15.9 Å². The van der Waals surface area contributed by atoms with E-state index in [-0.39, 0.29) is 0 Å². The predicted octanol–water partition coefficient (Wildman–Crippen LogP) is 7.64. The number of nitrogens with zero attached hydrogens (tertiary/aromatic N) is 2. The zero-order chi connectivity index (χ0) is 20.3. The van der Waals surface area contributed by atoms with Gasteiger partial charge < -0.3 is 0 Å². The molecule has 0 fully saturated rings. The summed E-state index contributed by atoms with van der Waals surface area (Å²) >= 11 is 3.54. The molecule has 2 nitrogen and oxygen atoms in total. The first-order valence-electron chi connectivity index (χ1n) is 9.86. The van der Waals surface area contributed by atoms with E-state index in [9.17, 15) is 0 Å². The first-order chi connectivity index (χ1) is 14.8. The summed E-state index contributed by atoms with van der Waals surface area (Å²) in [4.78, 5) is 0. The van der Waals surface area contributed by atoms with Crippen molar-refractivity contribution in [2.24, 2.45) is 0 Å². The molecule has 0 unspecified atom stereocenters. The van der Waals surface area contributed by atoms with Gasteiger partial charge in [0, 0.05) is 21.2 Å². The Morgan fingerprint density at radius 3 is 1.60 bits per heavy atom. The van der Waals surface area contributed by atoms with Crippen molar-refractivity contribution in [2.75, 3.05) is 0 Å². The van der Waals surface area contributed by atoms with E-state index >= 15 is 0 Å². The van der Waals surface area contributed by atoms with Crippen LogP contribution in [0.25, 0.3) is 39.3 Å². The monoisotopic (exact) mass is 450 g/mol. The highest BCUT2D eigenvalue weighted by molar-refractivity contribution is 9.10. The summed E-state index contributed by atoms with van der Waals surface area (Å²) in [6.45, 7) is 0. The molecular formula is C27H19BrN2. The molecule has 0 saturated heterocycles. The maximum absolute atomic E-state index is 5.13. The molecule has 5 aromatic rings. The zero-order valence-electron chi connectivity index (χ0n) is 16.2. The fourth-order valence-electron chi connectivity index (χ4n) is 3.73. The van der Waals surface area contributed by atoms with E-state index in [0.29, 0.717) is 0 Å². The third-order valence-corrected chi connectivity index (χ3v) is 5.64. The minimum absolute atomic E-state index is 0.976. The van der Waals surface area contributed by atoms with E-state index in [1.54, 1.807) is 0 Å². The largest absolute Gasteiger partial charge is 0.232 e. The summed E-state index contributed by atoms with van der Waals surface area (Å²) in [5, 5.41) is 5.13. The molecule has 0 aliphatic rings. The molecule has 3 heteroatoms.